The van der Waals surface area contributed by atoms with Crippen molar-refractivity contribution in [2.24, 2.45) is 4.99 Å². The molecule has 6 heteroatoms. The third-order valence-electron chi connectivity index (χ3n) is 4.78. The van der Waals surface area contributed by atoms with Gasteiger partial charge in [0.2, 0.25) is 0 Å². The summed E-state index contributed by atoms with van der Waals surface area (Å²) in [5, 5.41) is 0. The van der Waals surface area contributed by atoms with E-state index in [1.165, 1.54) is 0 Å². The molecule has 3 atom stereocenters. The molecule has 0 aromatic heterocycles. The standard InChI is InChI=1S/C18H21N3O3/c1-18(2,3)24-17(23)14-15-13-8-9-20(13)16(22)11-6-4-5-7-12(11)21(15)10-19-14/h4-7,10,13-15H,8-9H2,1-3H3/t13?,14-,15?/m0/s1. The second-order valence-electron chi connectivity index (χ2n) is 7.51. The Morgan fingerprint density at radius 3 is 2.71 bits per heavy atom. The van der Waals surface area contributed by atoms with Crippen molar-refractivity contribution in [1.82, 2.24) is 4.90 Å². The largest absolute Gasteiger partial charge is 0.458 e. The molecule has 3 aliphatic heterocycles. The van der Waals surface area contributed by atoms with Crippen LogP contribution in [0.1, 0.15) is 37.6 Å². The highest BCUT2D eigenvalue weighted by Gasteiger charge is 2.52. The number of carbonyl (C=O) groups is 2. The minimum Gasteiger partial charge on any atom is -0.458 e. The molecule has 4 rings (SSSR count). The topological polar surface area (TPSA) is 62.2 Å². The molecule has 0 saturated carbocycles. The normalized spacial score (nSPS) is 27.8. The number of benzene rings is 1. The smallest absolute Gasteiger partial charge is 0.333 e. The molecule has 0 aliphatic carbocycles. The Balaban J connectivity index is 1.73. The summed E-state index contributed by atoms with van der Waals surface area (Å²) >= 11 is 0. The van der Waals surface area contributed by atoms with Gasteiger partial charge >= 0.3 is 5.97 Å². The molecular formula is C18H21N3O3. The maximum Gasteiger partial charge on any atom is 0.333 e. The molecule has 1 saturated heterocycles. The minimum absolute atomic E-state index is 0.00933. The molecule has 1 aromatic carbocycles. The second-order valence-corrected chi connectivity index (χ2v) is 7.51. The van der Waals surface area contributed by atoms with Crippen LogP contribution in [0.5, 0.6) is 0 Å². The molecule has 2 unspecified atom stereocenters. The summed E-state index contributed by atoms with van der Waals surface area (Å²) in [6.07, 6.45) is 2.57. The molecule has 24 heavy (non-hydrogen) atoms. The van der Waals surface area contributed by atoms with E-state index in [0.29, 0.717) is 5.56 Å². The number of esters is 1. The van der Waals surface area contributed by atoms with E-state index in [-0.39, 0.29) is 24.0 Å². The number of nitrogens with zero attached hydrogens (tertiary/aromatic N) is 3. The van der Waals surface area contributed by atoms with Gasteiger partial charge in [-0.2, -0.15) is 0 Å². The van der Waals surface area contributed by atoms with E-state index in [2.05, 4.69) is 4.99 Å². The number of amides is 1. The van der Waals surface area contributed by atoms with Crippen molar-refractivity contribution in [2.75, 3.05) is 11.4 Å². The van der Waals surface area contributed by atoms with Gasteiger partial charge in [-0.05, 0) is 39.3 Å². The number of rotatable bonds is 1. The molecule has 1 fully saturated rings. The van der Waals surface area contributed by atoms with E-state index in [1.54, 1.807) is 6.34 Å². The molecule has 0 radical (unpaired) electrons. The van der Waals surface area contributed by atoms with Crippen LogP contribution in [-0.2, 0) is 9.53 Å². The average Bonchev–Trinajstić information content (AvgIpc) is 2.86. The van der Waals surface area contributed by atoms with Crippen LogP contribution in [0.15, 0.2) is 29.3 Å². The third kappa shape index (κ3) is 2.20. The van der Waals surface area contributed by atoms with Crippen LogP contribution in [0.2, 0.25) is 0 Å². The van der Waals surface area contributed by atoms with Gasteiger partial charge in [0.1, 0.15) is 5.60 Å². The Morgan fingerprint density at radius 1 is 1.29 bits per heavy atom. The van der Waals surface area contributed by atoms with Crippen LogP contribution in [0.3, 0.4) is 0 Å². The second kappa shape index (κ2) is 5.06. The molecular weight excluding hydrogens is 306 g/mol. The van der Waals surface area contributed by atoms with Crippen LogP contribution in [0.25, 0.3) is 0 Å². The predicted molar refractivity (Wildman–Crippen MR) is 90.3 cm³/mol. The van der Waals surface area contributed by atoms with E-state index < -0.39 is 11.6 Å². The average molecular weight is 327 g/mol. The van der Waals surface area contributed by atoms with Crippen molar-refractivity contribution in [3.8, 4) is 0 Å². The van der Waals surface area contributed by atoms with Gasteiger partial charge in [-0.3, -0.25) is 9.79 Å². The number of ether oxygens (including phenoxy) is 1. The number of hydrogen-bond acceptors (Lipinski definition) is 5. The highest BCUT2D eigenvalue weighted by atomic mass is 16.6. The van der Waals surface area contributed by atoms with Crippen LogP contribution >= 0.6 is 0 Å². The molecule has 3 aliphatic rings. The summed E-state index contributed by atoms with van der Waals surface area (Å²) < 4.78 is 5.55. The number of anilines is 1. The first kappa shape index (κ1) is 15.2. The summed E-state index contributed by atoms with van der Waals surface area (Å²) in [4.78, 5) is 33.7. The van der Waals surface area contributed by atoms with Gasteiger partial charge in [0.15, 0.2) is 6.04 Å². The Bertz CT molecular complexity index is 737. The summed E-state index contributed by atoms with van der Waals surface area (Å²) in [5.41, 5.74) is 0.926. The van der Waals surface area contributed by atoms with E-state index in [9.17, 15) is 9.59 Å². The van der Waals surface area contributed by atoms with Crippen LogP contribution in [-0.4, -0.2) is 53.4 Å². The molecule has 6 nitrogen and oxygen atoms in total. The number of para-hydroxylation sites is 1. The fourth-order valence-electron chi connectivity index (χ4n) is 3.69. The zero-order chi connectivity index (χ0) is 17.1. The van der Waals surface area contributed by atoms with Gasteiger partial charge in [0.05, 0.1) is 29.7 Å². The highest BCUT2D eigenvalue weighted by molar-refractivity contribution is 6.05. The zero-order valence-corrected chi connectivity index (χ0v) is 14.1. The van der Waals surface area contributed by atoms with Crippen molar-refractivity contribution >= 4 is 23.9 Å². The van der Waals surface area contributed by atoms with Gasteiger partial charge in [-0.25, -0.2) is 4.79 Å². The van der Waals surface area contributed by atoms with Gasteiger partial charge < -0.3 is 14.5 Å². The summed E-state index contributed by atoms with van der Waals surface area (Å²) in [7, 11) is 0. The maximum atomic E-state index is 12.8. The molecule has 3 heterocycles. The van der Waals surface area contributed by atoms with Crippen LogP contribution in [0.4, 0.5) is 5.69 Å². The van der Waals surface area contributed by atoms with E-state index in [1.807, 2.05) is 54.8 Å². The first-order valence-electron chi connectivity index (χ1n) is 8.31. The molecule has 0 spiro atoms. The SMILES string of the molecule is CC(C)(C)OC(=O)[C@H]1N=CN2c3ccccc3C(=O)N3CCC3C12. The Morgan fingerprint density at radius 2 is 2.04 bits per heavy atom. The first-order chi connectivity index (χ1) is 11.4. The third-order valence-corrected chi connectivity index (χ3v) is 4.78. The molecule has 1 amide bonds. The lowest BCUT2D eigenvalue weighted by molar-refractivity contribution is -0.157. The van der Waals surface area contributed by atoms with Gasteiger partial charge in [0.25, 0.3) is 5.91 Å². The quantitative estimate of drug-likeness (QED) is 0.739. The number of hydrogen-bond donors (Lipinski definition) is 0. The van der Waals surface area contributed by atoms with E-state index in [0.717, 1.165) is 18.7 Å². The summed E-state index contributed by atoms with van der Waals surface area (Å²) in [5.74, 6) is -0.294. The molecule has 1 aromatic rings. The van der Waals surface area contributed by atoms with Crippen molar-refractivity contribution in [1.29, 1.82) is 0 Å². The van der Waals surface area contributed by atoms with Crippen molar-refractivity contribution in [3.63, 3.8) is 0 Å². The van der Waals surface area contributed by atoms with Gasteiger partial charge in [-0.15, -0.1) is 0 Å². The maximum absolute atomic E-state index is 12.8. The van der Waals surface area contributed by atoms with Crippen molar-refractivity contribution < 1.29 is 14.3 Å². The Labute approximate surface area is 141 Å². The van der Waals surface area contributed by atoms with Crippen LogP contribution < -0.4 is 4.90 Å². The summed E-state index contributed by atoms with van der Waals surface area (Å²) in [6, 6.07) is 6.71. The lowest BCUT2D eigenvalue weighted by Crippen LogP contribution is -2.62. The van der Waals surface area contributed by atoms with Crippen molar-refractivity contribution in [2.45, 2.75) is 50.9 Å². The first-order valence-corrected chi connectivity index (χ1v) is 8.31. The predicted octanol–water partition coefficient (Wildman–Crippen LogP) is 1.84. The number of carbonyl (C=O) groups excluding carboxylic acids is 2. The van der Waals surface area contributed by atoms with Crippen molar-refractivity contribution in [3.05, 3.63) is 29.8 Å². The Kier molecular flexibility index (Phi) is 3.20. The lowest BCUT2D eigenvalue weighted by Gasteiger charge is -2.45. The van der Waals surface area contributed by atoms with Gasteiger partial charge in [-0.1, -0.05) is 12.1 Å². The minimum atomic E-state index is -0.601. The van der Waals surface area contributed by atoms with E-state index >= 15 is 0 Å². The van der Waals surface area contributed by atoms with Crippen LogP contribution in [0, 0.1) is 0 Å². The Hall–Kier alpha value is -2.37. The van der Waals surface area contributed by atoms with E-state index in [4.69, 9.17) is 4.74 Å². The fourth-order valence-corrected chi connectivity index (χ4v) is 3.69. The fraction of sp³-hybridized carbons (Fsp3) is 0.500. The molecule has 126 valence electrons. The van der Waals surface area contributed by atoms with Gasteiger partial charge in [0, 0.05) is 6.54 Å². The number of aliphatic imine (C=N–C) groups is 1. The molecule has 0 N–H and O–H groups in total. The monoisotopic (exact) mass is 327 g/mol. The highest BCUT2D eigenvalue weighted by Crippen LogP contribution is 2.39. The summed E-state index contributed by atoms with van der Waals surface area (Å²) in [6.45, 7) is 6.28. The number of fused-ring (bicyclic) bond motifs is 5. The lowest BCUT2D eigenvalue weighted by atomic mass is 9.90. The zero-order valence-electron chi connectivity index (χ0n) is 14.1. The molecule has 0 bridgehead atoms.